The zero-order valence-electron chi connectivity index (χ0n) is 29.8. The van der Waals surface area contributed by atoms with Crippen molar-refractivity contribution < 1.29 is 18.6 Å². The third-order valence-corrected chi connectivity index (χ3v) is 14.2. The van der Waals surface area contributed by atoms with E-state index in [9.17, 15) is 0 Å². The third-order valence-electron chi connectivity index (χ3n) is 9.64. The summed E-state index contributed by atoms with van der Waals surface area (Å²) in [7, 11) is 1.06. The molecule has 0 amide bonds. The number of hydrogen-bond acceptors (Lipinski definition) is 8. The van der Waals surface area contributed by atoms with Gasteiger partial charge in [0, 0.05) is 6.20 Å². The first-order chi connectivity index (χ1) is 24.1. The maximum absolute atomic E-state index is 7.35. The second-order valence-corrected chi connectivity index (χ2v) is 18.6. The molecule has 6 rings (SSSR count). The van der Waals surface area contributed by atoms with E-state index in [-0.39, 0.29) is 17.7 Å². The molecule has 6 aromatic rings. The Balaban J connectivity index is 1.45. The van der Waals surface area contributed by atoms with Gasteiger partial charge in [0.2, 0.25) is 0 Å². The second kappa shape index (κ2) is 14.5. The Hall–Kier alpha value is -4.90. The first kappa shape index (κ1) is 34.9. The van der Waals surface area contributed by atoms with Gasteiger partial charge in [-0.2, -0.15) is 0 Å². The largest absolute Gasteiger partial charge is 0.497 e. The number of nitrogens with zero attached hydrogens (tertiary/aromatic N) is 5. The highest BCUT2D eigenvalue weighted by atomic mass is 28.4. The zero-order valence-corrected chi connectivity index (χ0v) is 30.8. The summed E-state index contributed by atoms with van der Waals surface area (Å²) in [6.45, 7) is 12.0. The molecule has 0 aliphatic rings. The highest BCUT2D eigenvalue weighted by molar-refractivity contribution is 6.74. The first-order valence-corrected chi connectivity index (χ1v) is 19.7. The molecule has 0 radical (unpaired) electrons. The summed E-state index contributed by atoms with van der Waals surface area (Å²) in [6, 6.07) is 32.2. The fourth-order valence-corrected chi connectivity index (χ4v) is 7.26. The van der Waals surface area contributed by atoms with Gasteiger partial charge in [-0.15, -0.1) is 0 Å². The molecular formula is C40H45N5O4Si. The molecule has 258 valence electrons. The van der Waals surface area contributed by atoms with Crippen LogP contribution < -0.4 is 9.47 Å². The number of methoxy groups -OCH3 is 2. The molecule has 0 N–H and O–H groups in total. The van der Waals surface area contributed by atoms with Crippen molar-refractivity contribution in [1.82, 2.24) is 24.5 Å². The van der Waals surface area contributed by atoms with Crippen LogP contribution in [0.25, 0.3) is 22.6 Å². The number of hydrogen-bond donors (Lipinski definition) is 0. The van der Waals surface area contributed by atoms with Crippen LogP contribution in [-0.4, -0.2) is 59.8 Å². The van der Waals surface area contributed by atoms with Gasteiger partial charge >= 0.3 is 0 Å². The summed E-state index contributed by atoms with van der Waals surface area (Å²) in [5, 5.41) is -0.0287. The van der Waals surface area contributed by atoms with Crippen molar-refractivity contribution >= 4 is 19.5 Å². The van der Waals surface area contributed by atoms with E-state index in [4.69, 9.17) is 23.6 Å². The standard InChI is InChI=1S/C40H45N5O4Si/c1-39(2,3)50(6,7)49-34(25-45-28-44-37-36(42-27-43-38(37)45)35-15-11-12-24-41-35)26-48-40(29-13-9-8-10-14-29,30-16-20-32(46-4)21-17-30)31-18-22-33(47-5)23-19-31/h8-24,27-28,34H,25-26H2,1-7H3/t34-/m0/s1. The van der Waals surface area contributed by atoms with Crippen LogP contribution in [-0.2, 0) is 21.3 Å². The molecule has 0 saturated carbocycles. The van der Waals surface area contributed by atoms with Crippen molar-refractivity contribution in [3.8, 4) is 22.9 Å². The Bertz CT molecular complexity index is 1950. The van der Waals surface area contributed by atoms with Gasteiger partial charge in [-0.25, -0.2) is 15.0 Å². The topological polar surface area (TPSA) is 93.4 Å². The monoisotopic (exact) mass is 687 g/mol. The van der Waals surface area contributed by atoms with Gasteiger partial charge in [0.05, 0.1) is 45.5 Å². The Morgan fingerprint density at radius 2 is 1.30 bits per heavy atom. The lowest BCUT2D eigenvalue weighted by Crippen LogP contribution is -2.47. The van der Waals surface area contributed by atoms with Crippen molar-refractivity contribution in [2.45, 2.75) is 57.2 Å². The number of ether oxygens (including phenoxy) is 3. The minimum atomic E-state index is -2.28. The van der Waals surface area contributed by atoms with Crippen LogP contribution in [0, 0.1) is 0 Å². The van der Waals surface area contributed by atoms with Crippen molar-refractivity contribution in [3.05, 3.63) is 133 Å². The Kier molecular flexibility index (Phi) is 10.1. The maximum Gasteiger partial charge on any atom is 0.192 e. The van der Waals surface area contributed by atoms with Crippen molar-refractivity contribution in [2.24, 2.45) is 0 Å². The minimum Gasteiger partial charge on any atom is -0.497 e. The molecule has 0 aliphatic heterocycles. The Morgan fingerprint density at radius 3 is 1.86 bits per heavy atom. The average molecular weight is 688 g/mol. The molecule has 0 spiro atoms. The van der Waals surface area contributed by atoms with Crippen LogP contribution in [0.2, 0.25) is 18.1 Å². The van der Waals surface area contributed by atoms with E-state index in [2.05, 4.69) is 85.2 Å². The van der Waals surface area contributed by atoms with Crippen LogP contribution in [0.5, 0.6) is 11.5 Å². The average Bonchev–Trinajstić information content (AvgIpc) is 3.55. The van der Waals surface area contributed by atoms with E-state index in [1.165, 1.54) is 0 Å². The number of fused-ring (bicyclic) bond motifs is 1. The molecule has 0 fully saturated rings. The van der Waals surface area contributed by atoms with E-state index in [1.54, 1.807) is 26.7 Å². The van der Waals surface area contributed by atoms with Crippen molar-refractivity contribution in [2.75, 3.05) is 20.8 Å². The van der Waals surface area contributed by atoms with E-state index >= 15 is 0 Å². The Labute approximate surface area is 295 Å². The minimum absolute atomic E-state index is 0.0287. The number of aromatic nitrogens is 5. The maximum atomic E-state index is 7.35. The normalized spacial score (nSPS) is 12.9. The highest BCUT2D eigenvalue weighted by Gasteiger charge is 2.42. The Morgan fingerprint density at radius 1 is 0.700 bits per heavy atom. The van der Waals surface area contributed by atoms with Gasteiger partial charge in [0.1, 0.15) is 34.6 Å². The molecule has 3 aromatic carbocycles. The molecule has 50 heavy (non-hydrogen) atoms. The fourth-order valence-electron chi connectivity index (χ4n) is 5.93. The van der Waals surface area contributed by atoms with Crippen LogP contribution in [0.3, 0.4) is 0 Å². The van der Waals surface area contributed by atoms with Gasteiger partial charge in [0.25, 0.3) is 0 Å². The molecule has 0 unspecified atom stereocenters. The smallest absolute Gasteiger partial charge is 0.192 e. The summed E-state index contributed by atoms with van der Waals surface area (Å²) in [4.78, 5) is 18.5. The third kappa shape index (κ3) is 7.05. The lowest BCUT2D eigenvalue weighted by molar-refractivity contribution is -0.0379. The lowest BCUT2D eigenvalue weighted by Gasteiger charge is -2.41. The summed E-state index contributed by atoms with van der Waals surface area (Å²) in [6.07, 6.45) is 4.79. The van der Waals surface area contributed by atoms with E-state index in [0.29, 0.717) is 23.4 Å². The lowest BCUT2D eigenvalue weighted by atomic mass is 9.80. The van der Waals surface area contributed by atoms with Crippen molar-refractivity contribution in [1.29, 1.82) is 0 Å². The molecule has 0 bridgehead atoms. The molecule has 0 aliphatic carbocycles. The zero-order chi connectivity index (χ0) is 35.4. The molecule has 1 atom stereocenters. The molecule has 3 heterocycles. The molecule has 3 aromatic heterocycles. The summed E-state index contributed by atoms with van der Waals surface area (Å²) < 4.78 is 27.7. The number of imidazole rings is 1. The molecule has 0 saturated heterocycles. The van der Waals surface area contributed by atoms with Crippen LogP contribution in [0.4, 0.5) is 0 Å². The van der Waals surface area contributed by atoms with Gasteiger partial charge in [0.15, 0.2) is 14.0 Å². The van der Waals surface area contributed by atoms with Crippen LogP contribution in [0.15, 0.2) is 116 Å². The van der Waals surface area contributed by atoms with E-state index in [1.807, 2.05) is 71.6 Å². The van der Waals surface area contributed by atoms with Gasteiger partial charge in [-0.3, -0.25) is 4.98 Å². The summed E-state index contributed by atoms with van der Waals surface area (Å²) >= 11 is 0. The quantitative estimate of drug-likeness (QED) is 0.0885. The molecule has 10 heteroatoms. The summed E-state index contributed by atoms with van der Waals surface area (Å²) in [5.41, 5.74) is 4.76. The first-order valence-electron chi connectivity index (χ1n) is 16.8. The van der Waals surface area contributed by atoms with Gasteiger partial charge < -0.3 is 23.2 Å². The van der Waals surface area contributed by atoms with E-state index < -0.39 is 13.9 Å². The number of benzene rings is 3. The van der Waals surface area contributed by atoms with Crippen LogP contribution in [0.1, 0.15) is 37.5 Å². The van der Waals surface area contributed by atoms with Gasteiger partial charge in [-0.1, -0.05) is 81.4 Å². The summed E-state index contributed by atoms with van der Waals surface area (Å²) in [5.74, 6) is 1.53. The molecule has 9 nitrogen and oxygen atoms in total. The van der Waals surface area contributed by atoms with Crippen molar-refractivity contribution in [3.63, 3.8) is 0 Å². The SMILES string of the molecule is COc1ccc(C(OC[C@H](Cn2cnc3c(-c4ccccn4)ncnc32)O[Si](C)(C)C(C)(C)C)(c2ccccc2)c2ccc(OC)cc2)cc1. The number of pyridine rings is 1. The molecular weight excluding hydrogens is 643 g/mol. The predicted octanol–water partition coefficient (Wildman–Crippen LogP) is 8.30. The van der Waals surface area contributed by atoms with Crippen LogP contribution >= 0.6 is 0 Å². The number of rotatable bonds is 13. The van der Waals surface area contributed by atoms with Gasteiger partial charge in [-0.05, 0) is 71.2 Å². The van der Waals surface area contributed by atoms with E-state index in [0.717, 1.165) is 33.9 Å². The second-order valence-electron chi connectivity index (χ2n) is 13.8. The highest BCUT2D eigenvalue weighted by Crippen LogP contribution is 2.43. The fraction of sp³-hybridized carbons (Fsp3) is 0.300. The predicted molar refractivity (Wildman–Crippen MR) is 199 cm³/mol.